The van der Waals surface area contributed by atoms with E-state index < -0.39 is 17.7 Å². The van der Waals surface area contributed by atoms with Crippen molar-refractivity contribution < 1.29 is 29.0 Å². The van der Waals surface area contributed by atoms with Gasteiger partial charge in [0.2, 0.25) is 11.6 Å². The zero-order valence-electron chi connectivity index (χ0n) is 17.0. The lowest BCUT2D eigenvalue weighted by atomic mass is 9.82. The van der Waals surface area contributed by atoms with Gasteiger partial charge in [-0.25, -0.2) is 4.79 Å². The van der Waals surface area contributed by atoms with Crippen LogP contribution in [0.3, 0.4) is 0 Å². The molecule has 162 valence electrons. The van der Waals surface area contributed by atoms with Crippen LogP contribution in [0.15, 0.2) is 22.5 Å². The standard InChI is InChI=1S/C20H26N4O6/c1-9-14(23-5-3-4-10(23)7-25)17(27)13-11(8-30-19(21)28)20(29-2)18-12(22-18)6-24(20)15(13)16(9)26/h10-12,18,22,25H,3-8H2,1-2H3,(H2,21,28)/t10-,11+,12-,18-,20+/m0/s1. The fourth-order valence-corrected chi connectivity index (χ4v) is 5.94. The number of nitrogens with zero attached hydrogens (tertiary/aromatic N) is 2. The van der Waals surface area contributed by atoms with Gasteiger partial charge in [-0.15, -0.1) is 0 Å². The van der Waals surface area contributed by atoms with E-state index in [-0.39, 0.29) is 42.9 Å². The van der Waals surface area contributed by atoms with Gasteiger partial charge in [0.25, 0.3) is 0 Å². The van der Waals surface area contributed by atoms with Gasteiger partial charge in [-0.2, -0.15) is 0 Å². The molecule has 4 heterocycles. The fourth-order valence-electron chi connectivity index (χ4n) is 5.94. The van der Waals surface area contributed by atoms with Crippen molar-refractivity contribution in [3.63, 3.8) is 0 Å². The molecule has 3 saturated heterocycles. The second-order valence-corrected chi connectivity index (χ2v) is 8.57. The van der Waals surface area contributed by atoms with Crippen molar-refractivity contribution in [1.29, 1.82) is 0 Å². The topological polar surface area (TPSA) is 144 Å². The van der Waals surface area contributed by atoms with Crippen LogP contribution in [-0.4, -0.2) is 89.8 Å². The van der Waals surface area contributed by atoms with Gasteiger partial charge < -0.3 is 35.4 Å². The van der Waals surface area contributed by atoms with Gasteiger partial charge in [-0.05, 0) is 19.8 Å². The average molecular weight is 418 g/mol. The van der Waals surface area contributed by atoms with Gasteiger partial charge in [-0.1, -0.05) is 0 Å². The number of nitrogens with one attached hydrogen (secondary N) is 1. The maximum Gasteiger partial charge on any atom is 0.404 e. The number of likely N-dealkylation sites (tertiary alicyclic amines) is 1. The Morgan fingerprint density at radius 2 is 2.10 bits per heavy atom. The number of ether oxygens (including phenoxy) is 2. The molecule has 4 aliphatic heterocycles. The number of hydrogen-bond donors (Lipinski definition) is 3. The number of hydrogen-bond acceptors (Lipinski definition) is 9. The van der Waals surface area contributed by atoms with E-state index in [0.717, 1.165) is 12.8 Å². The van der Waals surface area contributed by atoms with E-state index in [1.807, 2.05) is 9.80 Å². The summed E-state index contributed by atoms with van der Waals surface area (Å²) in [5.74, 6) is -1.12. The first kappa shape index (κ1) is 19.5. The van der Waals surface area contributed by atoms with Crippen LogP contribution in [0.2, 0.25) is 0 Å². The number of Topliss-reactive ketones (excluding diaryl/α,β-unsaturated/α-hetero) is 2. The van der Waals surface area contributed by atoms with Crippen molar-refractivity contribution in [1.82, 2.24) is 15.1 Å². The molecule has 0 aromatic rings. The molecule has 10 nitrogen and oxygen atoms in total. The molecule has 0 aromatic carbocycles. The lowest BCUT2D eigenvalue weighted by Gasteiger charge is -2.39. The maximum absolute atomic E-state index is 13.8. The van der Waals surface area contributed by atoms with Crippen molar-refractivity contribution in [2.24, 2.45) is 11.7 Å². The number of rotatable bonds is 5. The lowest BCUT2D eigenvalue weighted by Crippen LogP contribution is -2.55. The maximum atomic E-state index is 13.8. The molecule has 5 atom stereocenters. The summed E-state index contributed by atoms with van der Waals surface area (Å²) in [4.78, 5) is 42.4. The number of carbonyl (C=O) groups excluding carboxylic acids is 3. The molecule has 0 spiro atoms. The van der Waals surface area contributed by atoms with E-state index in [1.54, 1.807) is 14.0 Å². The molecule has 5 rings (SSSR count). The van der Waals surface area contributed by atoms with Crippen LogP contribution in [-0.2, 0) is 19.1 Å². The van der Waals surface area contributed by atoms with Gasteiger partial charge >= 0.3 is 6.09 Å². The van der Waals surface area contributed by atoms with Crippen LogP contribution in [0.4, 0.5) is 4.79 Å². The SMILES string of the molecule is CO[C@@]12[C@H](COC(N)=O)C3=C(C(=O)C(C)=C(N4CCC[C@H]4CO)C3=O)N1C[C@@H]1N[C@@H]12. The van der Waals surface area contributed by atoms with Gasteiger partial charge in [0.05, 0.1) is 36.0 Å². The fraction of sp³-hybridized carbons (Fsp3) is 0.650. The van der Waals surface area contributed by atoms with Crippen molar-refractivity contribution in [2.75, 3.05) is 33.4 Å². The lowest BCUT2D eigenvalue weighted by molar-refractivity contribution is -0.137. The number of carbonyl (C=O) groups is 3. The minimum Gasteiger partial charge on any atom is -0.449 e. The number of allylic oxidation sites excluding steroid dienone is 2. The molecule has 1 aliphatic carbocycles. The van der Waals surface area contributed by atoms with E-state index in [9.17, 15) is 19.5 Å². The highest BCUT2D eigenvalue weighted by Crippen LogP contribution is 2.56. The van der Waals surface area contributed by atoms with Gasteiger partial charge in [0.15, 0.2) is 5.72 Å². The Balaban J connectivity index is 1.60. The number of methoxy groups -OCH3 is 1. The molecule has 0 bridgehead atoms. The highest BCUT2D eigenvalue weighted by atomic mass is 16.6. The summed E-state index contributed by atoms with van der Waals surface area (Å²) in [5, 5.41) is 13.1. The van der Waals surface area contributed by atoms with Gasteiger partial charge in [-0.3, -0.25) is 9.59 Å². The Kier molecular flexibility index (Phi) is 4.25. The summed E-state index contributed by atoms with van der Waals surface area (Å²) in [7, 11) is 1.55. The molecule has 0 radical (unpaired) electrons. The zero-order valence-corrected chi connectivity index (χ0v) is 17.0. The van der Waals surface area contributed by atoms with Crippen LogP contribution in [0.1, 0.15) is 19.8 Å². The first-order chi connectivity index (χ1) is 14.4. The summed E-state index contributed by atoms with van der Waals surface area (Å²) < 4.78 is 11.1. The van der Waals surface area contributed by atoms with Crippen LogP contribution in [0, 0.1) is 5.92 Å². The number of piperazine rings is 1. The third kappa shape index (κ3) is 2.32. The molecule has 3 fully saturated rings. The predicted molar refractivity (Wildman–Crippen MR) is 103 cm³/mol. The van der Waals surface area contributed by atoms with Gasteiger partial charge in [0, 0.05) is 37.4 Å². The summed E-state index contributed by atoms with van der Waals surface area (Å²) in [5.41, 5.74) is 5.61. The molecule has 0 saturated carbocycles. The summed E-state index contributed by atoms with van der Waals surface area (Å²) in [6.07, 6.45) is 0.656. The number of primary amides is 1. The normalized spacial score (nSPS) is 37.0. The minimum atomic E-state index is -0.979. The first-order valence-corrected chi connectivity index (χ1v) is 10.3. The smallest absolute Gasteiger partial charge is 0.404 e. The van der Waals surface area contributed by atoms with E-state index in [1.165, 1.54) is 0 Å². The zero-order chi connectivity index (χ0) is 21.4. The number of amides is 1. The Morgan fingerprint density at radius 1 is 1.33 bits per heavy atom. The second-order valence-electron chi connectivity index (χ2n) is 8.57. The quantitative estimate of drug-likeness (QED) is 0.372. The van der Waals surface area contributed by atoms with Gasteiger partial charge in [0.1, 0.15) is 6.61 Å². The molecule has 0 aromatic heterocycles. The molecule has 30 heavy (non-hydrogen) atoms. The van der Waals surface area contributed by atoms with E-state index >= 15 is 0 Å². The Bertz CT molecular complexity index is 913. The largest absolute Gasteiger partial charge is 0.449 e. The predicted octanol–water partition coefficient (Wildman–Crippen LogP) is -1.15. The Hall–Kier alpha value is -2.43. The number of aliphatic hydroxyl groups excluding tert-OH is 1. The van der Waals surface area contributed by atoms with Crippen LogP contribution in [0.25, 0.3) is 0 Å². The number of aliphatic hydroxyl groups is 1. The first-order valence-electron chi connectivity index (χ1n) is 10.3. The number of fused-ring (bicyclic) bond motifs is 4. The van der Waals surface area contributed by atoms with Crippen LogP contribution in [0.5, 0.6) is 0 Å². The van der Waals surface area contributed by atoms with Crippen LogP contribution < -0.4 is 11.1 Å². The van der Waals surface area contributed by atoms with E-state index in [4.69, 9.17) is 15.2 Å². The molecule has 5 aliphatic rings. The molecule has 0 unspecified atom stereocenters. The van der Waals surface area contributed by atoms with Crippen molar-refractivity contribution in [2.45, 2.75) is 43.6 Å². The highest BCUT2D eigenvalue weighted by Gasteiger charge is 2.72. The molecular formula is C20H26N4O6. The summed E-state index contributed by atoms with van der Waals surface area (Å²) in [6.45, 7) is 2.57. The third-order valence-electron chi connectivity index (χ3n) is 7.27. The monoisotopic (exact) mass is 418 g/mol. The van der Waals surface area contributed by atoms with E-state index in [0.29, 0.717) is 35.6 Å². The third-order valence-corrected chi connectivity index (χ3v) is 7.27. The molecule has 4 N–H and O–H groups in total. The molecular weight excluding hydrogens is 392 g/mol. The summed E-state index contributed by atoms with van der Waals surface area (Å²) >= 11 is 0. The number of ketones is 2. The summed E-state index contributed by atoms with van der Waals surface area (Å²) in [6, 6.07) is -0.113. The number of nitrogens with two attached hydrogens (primary N) is 1. The molecule has 1 amide bonds. The Morgan fingerprint density at radius 3 is 2.77 bits per heavy atom. The minimum absolute atomic E-state index is 0.0732. The highest BCUT2D eigenvalue weighted by molar-refractivity contribution is 6.25. The second kappa shape index (κ2) is 6.53. The van der Waals surface area contributed by atoms with Crippen LogP contribution >= 0.6 is 0 Å². The van der Waals surface area contributed by atoms with Crippen molar-refractivity contribution in [3.8, 4) is 0 Å². The Labute approximate surface area is 173 Å². The average Bonchev–Trinajstić information content (AvgIpc) is 3.10. The van der Waals surface area contributed by atoms with Crippen molar-refractivity contribution in [3.05, 3.63) is 22.5 Å². The van der Waals surface area contributed by atoms with Crippen molar-refractivity contribution >= 4 is 17.7 Å². The van der Waals surface area contributed by atoms with E-state index in [2.05, 4.69) is 5.32 Å². The molecule has 10 heteroatoms.